The lowest BCUT2D eigenvalue weighted by Gasteiger charge is -2.52. The Labute approximate surface area is 169 Å². The third-order valence-corrected chi connectivity index (χ3v) is 10.7. The van der Waals surface area contributed by atoms with Crippen molar-refractivity contribution in [3.63, 3.8) is 0 Å². The van der Waals surface area contributed by atoms with Gasteiger partial charge >= 0.3 is 5.97 Å². The predicted molar refractivity (Wildman–Crippen MR) is 107 cm³/mol. The maximum Gasteiger partial charge on any atom is 0.331 e. The van der Waals surface area contributed by atoms with Crippen molar-refractivity contribution in [2.45, 2.75) is 95.8 Å². The summed E-state index contributed by atoms with van der Waals surface area (Å²) in [5, 5.41) is -0.0386. The number of rotatable bonds is 6. The number of likely N-dealkylation sites (tertiary alicyclic amines) is 1. The van der Waals surface area contributed by atoms with E-state index in [-0.39, 0.29) is 10.9 Å². The van der Waals surface area contributed by atoms with Gasteiger partial charge in [-0.3, -0.25) is 4.79 Å². The van der Waals surface area contributed by atoms with E-state index in [1.165, 1.54) is 12.0 Å². The highest BCUT2D eigenvalue weighted by Gasteiger charge is 2.58. The second-order valence-corrected chi connectivity index (χ2v) is 14.4. The van der Waals surface area contributed by atoms with Crippen molar-refractivity contribution >= 4 is 20.2 Å². The summed E-state index contributed by atoms with van der Waals surface area (Å²) in [4.78, 5) is 26.8. The molecule has 162 valence electrons. The molecule has 0 saturated carbocycles. The molecule has 2 aliphatic rings. The number of hydrogen-bond donors (Lipinski definition) is 1. The van der Waals surface area contributed by atoms with E-state index >= 15 is 0 Å². The molecule has 2 fully saturated rings. The first-order valence-corrected chi connectivity index (χ1v) is 12.7. The first-order chi connectivity index (χ1) is 12.6. The summed E-state index contributed by atoms with van der Waals surface area (Å²) >= 11 is 0. The molecule has 2 saturated heterocycles. The van der Waals surface area contributed by atoms with E-state index in [1.54, 1.807) is 0 Å². The standard InChI is InChI=1S/C19H36N2O6Si/c1-11(27-28(8,9)18(2,3)4)14(17(23)24-7)21-15(13(20)16(21)22)12-10-25-19(5,6)26-12/h11-15H,10,20H2,1-9H3/t11-,12-,13-,14+,15+/m0/s1. The minimum absolute atomic E-state index is 0.0386. The van der Waals surface area contributed by atoms with Crippen LogP contribution in [0.2, 0.25) is 18.1 Å². The highest BCUT2D eigenvalue weighted by molar-refractivity contribution is 6.74. The fraction of sp³-hybridized carbons (Fsp3) is 0.895. The highest BCUT2D eigenvalue weighted by Crippen LogP contribution is 2.39. The van der Waals surface area contributed by atoms with E-state index in [2.05, 4.69) is 33.9 Å². The zero-order valence-electron chi connectivity index (χ0n) is 18.6. The number of amides is 1. The molecule has 0 aromatic rings. The van der Waals surface area contributed by atoms with Gasteiger partial charge in [0, 0.05) is 0 Å². The lowest BCUT2D eigenvalue weighted by Crippen LogP contribution is -2.77. The Hall–Kier alpha value is -1.00. The molecule has 0 aromatic carbocycles. The van der Waals surface area contributed by atoms with Crippen LogP contribution in [-0.2, 0) is 28.2 Å². The van der Waals surface area contributed by atoms with Gasteiger partial charge in [0.2, 0.25) is 5.91 Å². The summed E-state index contributed by atoms with van der Waals surface area (Å²) in [5.41, 5.74) is 6.09. The molecular formula is C19H36N2O6Si. The van der Waals surface area contributed by atoms with Crippen molar-refractivity contribution in [1.29, 1.82) is 0 Å². The first-order valence-electron chi connectivity index (χ1n) is 9.78. The molecule has 2 aliphatic heterocycles. The zero-order chi connectivity index (χ0) is 21.7. The monoisotopic (exact) mass is 416 g/mol. The second kappa shape index (κ2) is 7.68. The number of nitrogens with zero attached hydrogens (tertiary/aromatic N) is 1. The summed E-state index contributed by atoms with van der Waals surface area (Å²) < 4.78 is 23.0. The van der Waals surface area contributed by atoms with Gasteiger partial charge in [-0.2, -0.15) is 0 Å². The maximum atomic E-state index is 12.7. The van der Waals surface area contributed by atoms with Gasteiger partial charge in [0.25, 0.3) is 0 Å². The Bertz CT molecular complexity index is 618. The smallest absolute Gasteiger partial charge is 0.331 e. The van der Waals surface area contributed by atoms with Crippen LogP contribution in [0.1, 0.15) is 41.5 Å². The normalized spacial score (nSPS) is 30.0. The average molecular weight is 417 g/mol. The van der Waals surface area contributed by atoms with Crippen molar-refractivity contribution in [1.82, 2.24) is 4.90 Å². The van der Waals surface area contributed by atoms with Gasteiger partial charge in [-0.05, 0) is 38.9 Å². The lowest BCUT2D eigenvalue weighted by molar-refractivity contribution is -0.186. The second-order valence-electron chi connectivity index (χ2n) is 9.68. The fourth-order valence-corrected chi connectivity index (χ4v) is 4.94. The van der Waals surface area contributed by atoms with E-state index in [0.29, 0.717) is 6.61 Å². The molecule has 0 bridgehead atoms. The van der Waals surface area contributed by atoms with Gasteiger partial charge in [-0.15, -0.1) is 0 Å². The van der Waals surface area contributed by atoms with Crippen LogP contribution in [-0.4, -0.2) is 74.9 Å². The van der Waals surface area contributed by atoms with Gasteiger partial charge < -0.3 is 29.3 Å². The van der Waals surface area contributed by atoms with Crippen molar-refractivity contribution in [3.05, 3.63) is 0 Å². The van der Waals surface area contributed by atoms with E-state index in [0.717, 1.165) is 0 Å². The van der Waals surface area contributed by atoms with Crippen molar-refractivity contribution in [2.24, 2.45) is 5.73 Å². The molecule has 0 spiro atoms. The van der Waals surface area contributed by atoms with Gasteiger partial charge in [0.15, 0.2) is 20.1 Å². The Morgan fingerprint density at radius 2 is 1.93 bits per heavy atom. The summed E-state index contributed by atoms with van der Waals surface area (Å²) in [6, 6.07) is -2.10. The van der Waals surface area contributed by atoms with Crippen LogP contribution in [0.15, 0.2) is 0 Å². The van der Waals surface area contributed by atoms with Gasteiger partial charge in [0.1, 0.15) is 12.1 Å². The lowest BCUT2D eigenvalue weighted by atomic mass is 9.87. The first kappa shape index (κ1) is 23.3. The van der Waals surface area contributed by atoms with Gasteiger partial charge in [-0.25, -0.2) is 4.79 Å². The molecule has 0 aromatic heterocycles. The predicted octanol–water partition coefficient (Wildman–Crippen LogP) is 1.63. The maximum absolute atomic E-state index is 12.7. The number of esters is 1. The molecular weight excluding hydrogens is 380 g/mol. The largest absolute Gasteiger partial charge is 0.467 e. The zero-order valence-corrected chi connectivity index (χ0v) is 19.6. The molecule has 2 N–H and O–H groups in total. The van der Waals surface area contributed by atoms with Crippen LogP contribution in [0.4, 0.5) is 0 Å². The molecule has 28 heavy (non-hydrogen) atoms. The summed E-state index contributed by atoms with van der Waals surface area (Å²) in [5.74, 6) is -1.58. The van der Waals surface area contributed by atoms with Crippen LogP contribution in [0.3, 0.4) is 0 Å². The Morgan fingerprint density at radius 3 is 2.36 bits per heavy atom. The number of β-lactam (4-membered cyclic amide) rings is 1. The number of methoxy groups -OCH3 is 1. The molecule has 1 amide bonds. The molecule has 5 atom stereocenters. The molecule has 2 rings (SSSR count). The molecule has 0 radical (unpaired) electrons. The van der Waals surface area contributed by atoms with E-state index in [4.69, 9.17) is 24.4 Å². The van der Waals surface area contributed by atoms with E-state index in [1.807, 2.05) is 20.8 Å². The number of nitrogens with two attached hydrogens (primary N) is 1. The summed E-state index contributed by atoms with van der Waals surface area (Å²) in [6.07, 6.45) is -0.947. The van der Waals surface area contributed by atoms with Crippen molar-refractivity contribution < 1.29 is 28.2 Å². The molecule has 9 heteroatoms. The minimum Gasteiger partial charge on any atom is -0.467 e. The van der Waals surface area contributed by atoms with Crippen LogP contribution < -0.4 is 5.73 Å². The SMILES string of the molecule is COC(=O)[C@@H]([C@H](C)O[Si](C)(C)C(C)(C)C)N1C(=O)[C@@H](N)[C@H]1[C@@H]1COC(C)(C)O1. The van der Waals surface area contributed by atoms with Crippen LogP contribution in [0.5, 0.6) is 0 Å². The van der Waals surface area contributed by atoms with Crippen LogP contribution in [0.25, 0.3) is 0 Å². The minimum atomic E-state index is -2.17. The quantitative estimate of drug-likeness (QED) is 0.399. The van der Waals surface area contributed by atoms with Gasteiger partial charge in [-0.1, -0.05) is 20.8 Å². The number of hydrogen-bond acceptors (Lipinski definition) is 7. The summed E-state index contributed by atoms with van der Waals surface area (Å²) in [6.45, 7) is 16.3. The molecule has 2 heterocycles. The molecule has 8 nitrogen and oxygen atoms in total. The third-order valence-electron chi connectivity index (χ3n) is 6.11. The number of ether oxygens (including phenoxy) is 3. The van der Waals surface area contributed by atoms with Crippen LogP contribution in [0, 0.1) is 0 Å². The van der Waals surface area contributed by atoms with E-state index < -0.39 is 50.4 Å². The molecule has 0 aliphatic carbocycles. The van der Waals surface area contributed by atoms with Gasteiger partial charge in [0.05, 0.1) is 25.9 Å². The highest BCUT2D eigenvalue weighted by atomic mass is 28.4. The topological polar surface area (TPSA) is 100 Å². The number of carbonyl (C=O) groups excluding carboxylic acids is 2. The Morgan fingerprint density at radius 1 is 1.36 bits per heavy atom. The number of carbonyl (C=O) groups is 2. The third kappa shape index (κ3) is 4.28. The van der Waals surface area contributed by atoms with Crippen molar-refractivity contribution in [2.75, 3.05) is 13.7 Å². The van der Waals surface area contributed by atoms with E-state index in [9.17, 15) is 9.59 Å². The fourth-order valence-electron chi connectivity index (χ4n) is 3.53. The van der Waals surface area contributed by atoms with Crippen LogP contribution >= 0.6 is 0 Å². The Kier molecular flexibility index (Phi) is 6.38. The van der Waals surface area contributed by atoms with Crippen molar-refractivity contribution in [3.8, 4) is 0 Å². The average Bonchev–Trinajstić information content (AvgIpc) is 2.91. The Balaban J connectivity index is 2.28. The summed E-state index contributed by atoms with van der Waals surface area (Å²) in [7, 11) is -0.861. The molecule has 0 unspecified atom stereocenters.